The quantitative estimate of drug-likeness (QED) is 0.680. The van der Waals surface area contributed by atoms with Crippen LogP contribution in [0.3, 0.4) is 0 Å². The Kier molecular flexibility index (Phi) is 2.20. The monoisotopic (exact) mass is 178 g/mol. The second kappa shape index (κ2) is 3.36. The van der Waals surface area contributed by atoms with Gasteiger partial charge in [0.25, 0.3) is 0 Å². The predicted molar refractivity (Wildman–Crippen MR) is 52.6 cm³/mol. The van der Waals surface area contributed by atoms with Crippen molar-refractivity contribution in [3.8, 4) is 0 Å². The molecule has 0 saturated carbocycles. The maximum atomic E-state index is 5.89. The lowest BCUT2D eigenvalue weighted by Gasteiger charge is -2.23. The fourth-order valence-electron chi connectivity index (χ4n) is 1.63. The molecule has 1 aromatic carbocycles. The van der Waals surface area contributed by atoms with Gasteiger partial charge >= 0.3 is 0 Å². The fourth-order valence-corrected chi connectivity index (χ4v) is 1.63. The number of anilines is 1. The molecule has 3 N–H and O–H groups in total. The molecule has 0 fully saturated rings. The molecule has 3 nitrogen and oxygen atoms in total. The Bertz CT molecular complexity index is 312. The van der Waals surface area contributed by atoms with E-state index in [-0.39, 0.29) is 6.04 Å². The molecule has 1 heterocycles. The van der Waals surface area contributed by atoms with Crippen molar-refractivity contribution < 1.29 is 4.74 Å². The van der Waals surface area contributed by atoms with E-state index in [9.17, 15) is 0 Å². The van der Waals surface area contributed by atoms with Crippen LogP contribution in [0.15, 0.2) is 18.2 Å². The van der Waals surface area contributed by atoms with Crippen LogP contribution in [0.25, 0.3) is 0 Å². The third-order valence-corrected chi connectivity index (χ3v) is 2.39. The smallest absolute Gasteiger partial charge is 0.0721 e. The molecule has 2 rings (SSSR count). The van der Waals surface area contributed by atoms with E-state index in [1.54, 1.807) is 0 Å². The molecule has 0 radical (unpaired) electrons. The number of rotatable bonds is 1. The van der Waals surface area contributed by atoms with Crippen molar-refractivity contribution in [2.75, 3.05) is 19.0 Å². The van der Waals surface area contributed by atoms with Crippen molar-refractivity contribution >= 4 is 5.69 Å². The van der Waals surface area contributed by atoms with Gasteiger partial charge in [0.15, 0.2) is 0 Å². The predicted octanol–water partition coefficient (Wildman–Crippen LogP) is 1.26. The minimum atomic E-state index is 0.0367. The highest BCUT2D eigenvalue weighted by atomic mass is 16.5. The molecule has 0 unspecified atom stereocenters. The Morgan fingerprint density at radius 1 is 1.54 bits per heavy atom. The molecule has 0 aliphatic carbocycles. The van der Waals surface area contributed by atoms with Gasteiger partial charge in [-0.15, -0.1) is 0 Å². The summed E-state index contributed by atoms with van der Waals surface area (Å²) in [6.07, 6.45) is 0. The van der Waals surface area contributed by atoms with Crippen LogP contribution in [0, 0.1) is 0 Å². The van der Waals surface area contributed by atoms with Crippen molar-refractivity contribution in [1.82, 2.24) is 0 Å². The van der Waals surface area contributed by atoms with Crippen LogP contribution in [0.4, 0.5) is 5.69 Å². The zero-order chi connectivity index (χ0) is 9.26. The molecular weight excluding hydrogens is 164 g/mol. The standard InChI is InChI=1S/C10H14N2O/c1-12-8-2-3-9-7(4-8)5-13-6-10(9)11/h2-4,10,12H,5-6,11H2,1H3/t10-/m0/s1. The summed E-state index contributed by atoms with van der Waals surface area (Å²) < 4.78 is 5.35. The lowest BCUT2D eigenvalue weighted by molar-refractivity contribution is 0.0924. The van der Waals surface area contributed by atoms with Crippen LogP contribution >= 0.6 is 0 Å². The lowest BCUT2D eigenvalue weighted by Crippen LogP contribution is -2.23. The maximum Gasteiger partial charge on any atom is 0.0721 e. The van der Waals surface area contributed by atoms with Gasteiger partial charge in [0, 0.05) is 12.7 Å². The number of fused-ring (bicyclic) bond motifs is 1. The van der Waals surface area contributed by atoms with Gasteiger partial charge in [-0.05, 0) is 23.3 Å². The number of benzene rings is 1. The lowest BCUT2D eigenvalue weighted by atomic mass is 9.99. The summed E-state index contributed by atoms with van der Waals surface area (Å²) in [6.45, 7) is 1.31. The van der Waals surface area contributed by atoms with Crippen molar-refractivity contribution in [1.29, 1.82) is 0 Å². The zero-order valence-electron chi connectivity index (χ0n) is 7.71. The molecule has 0 aromatic heterocycles. The summed E-state index contributed by atoms with van der Waals surface area (Å²) in [5.41, 5.74) is 9.41. The van der Waals surface area contributed by atoms with Crippen LogP contribution in [0.1, 0.15) is 17.2 Å². The topological polar surface area (TPSA) is 47.3 Å². The summed E-state index contributed by atoms with van der Waals surface area (Å²) in [6, 6.07) is 6.25. The average molecular weight is 178 g/mol. The summed E-state index contributed by atoms with van der Waals surface area (Å²) in [5, 5.41) is 3.10. The number of hydrogen-bond acceptors (Lipinski definition) is 3. The van der Waals surface area contributed by atoms with E-state index in [0.29, 0.717) is 13.2 Å². The largest absolute Gasteiger partial charge is 0.388 e. The third-order valence-electron chi connectivity index (χ3n) is 2.39. The summed E-state index contributed by atoms with van der Waals surface area (Å²) in [4.78, 5) is 0. The molecule has 70 valence electrons. The fraction of sp³-hybridized carbons (Fsp3) is 0.400. The van der Waals surface area contributed by atoms with E-state index in [4.69, 9.17) is 10.5 Å². The van der Waals surface area contributed by atoms with E-state index in [0.717, 1.165) is 5.69 Å². The first-order valence-electron chi connectivity index (χ1n) is 4.45. The number of nitrogens with two attached hydrogens (primary N) is 1. The number of hydrogen-bond donors (Lipinski definition) is 2. The van der Waals surface area contributed by atoms with Crippen molar-refractivity contribution in [2.45, 2.75) is 12.6 Å². The van der Waals surface area contributed by atoms with Crippen LogP contribution in [0.5, 0.6) is 0 Å². The molecule has 3 heteroatoms. The Morgan fingerprint density at radius 3 is 3.15 bits per heavy atom. The molecule has 0 spiro atoms. The van der Waals surface area contributed by atoms with Gasteiger partial charge in [0.2, 0.25) is 0 Å². The Balaban J connectivity index is 2.39. The van der Waals surface area contributed by atoms with Gasteiger partial charge in [-0.2, -0.15) is 0 Å². The molecule has 0 saturated heterocycles. The van der Waals surface area contributed by atoms with E-state index < -0.39 is 0 Å². The Morgan fingerprint density at radius 2 is 2.38 bits per heavy atom. The van der Waals surface area contributed by atoms with Crippen LogP contribution in [-0.4, -0.2) is 13.7 Å². The second-order valence-electron chi connectivity index (χ2n) is 3.29. The first-order chi connectivity index (χ1) is 6.31. The van der Waals surface area contributed by atoms with Gasteiger partial charge in [0.1, 0.15) is 0 Å². The first-order valence-corrected chi connectivity index (χ1v) is 4.45. The Hall–Kier alpha value is -1.06. The van der Waals surface area contributed by atoms with E-state index in [2.05, 4.69) is 17.4 Å². The van der Waals surface area contributed by atoms with E-state index >= 15 is 0 Å². The number of nitrogens with one attached hydrogen (secondary N) is 1. The molecule has 1 aromatic rings. The number of ether oxygens (including phenoxy) is 1. The van der Waals surface area contributed by atoms with Crippen LogP contribution in [0.2, 0.25) is 0 Å². The molecule has 1 aliphatic rings. The van der Waals surface area contributed by atoms with Crippen LogP contribution in [-0.2, 0) is 11.3 Å². The first kappa shape index (κ1) is 8.53. The highest BCUT2D eigenvalue weighted by Crippen LogP contribution is 2.25. The molecule has 1 atom stereocenters. The van der Waals surface area contributed by atoms with Crippen molar-refractivity contribution in [2.24, 2.45) is 5.73 Å². The van der Waals surface area contributed by atoms with Gasteiger partial charge < -0.3 is 15.8 Å². The van der Waals surface area contributed by atoms with Gasteiger partial charge in [-0.1, -0.05) is 6.07 Å². The highest BCUT2D eigenvalue weighted by molar-refractivity contribution is 5.49. The summed E-state index contributed by atoms with van der Waals surface area (Å²) >= 11 is 0. The maximum absolute atomic E-state index is 5.89. The zero-order valence-corrected chi connectivity index (χ0v) is 7.71. The second-order valence-corrected chi connectivity index (χ2v) is 3.29. The van der Waals surface area contributed by atoms with Crippen LogP contribution < -0.4 is 11.1 Å². The normalized spacial score (nSPS) is 20.9. The average Bonchev–Trinajstić information content (AvgIpc) is 2.18. The molecule has 13 heavy (non-hydrogen) atoms. The SMILES string of the molecule is CNc1ccc2c(c1)COC[C@@H]2N. The van der Waals surface area contributed by atoms with Gasteiger partial charge in [-0.25, -0.2) is 0 Å². The van der Waals surface area contributed by atoms with Crippen molar-refractivity contribution in [3.63, 3.8) is 0 Å². The highest BCUT2D eigenvalue weighted by Gasteiger charge is 2.16. The summed E-state index contributed by atoms with van der Waals surface area (Å²) in [5.74, 6) is 0. The third kappa shape index (κ3) is 1.53. The van der Waals surface area contributed by atoms with Crippen molar-refractivity contribution in [3.05, 3.63) is 29.3 Å². The van der Waals surface area contributed by atoms with E-state index in [1.165, 1.54) is 11.1 Å². The van der Waals surface area contributed by atoms with Gasteiger partial charge in [-0.3, -0.25) is 0 Å². The molecule has 1 aliphatic heterocycles. The minimum Gasteiger partial charge on any atom is -0.388 e. The minimum absolute atomic E-state index is 0.0367. The molecular formula is C10H14N2O. The van der Waals surface area contributed by atoms with E-state index in [1.807, 2.05) is 13.1 Å². The Labute approximate surface area is 77.9 Å². The molecule has 0 amide bonds. The van der Waals surface area contributed by atoms with Gasteiger partial charge in [0.05, 0.1) is 19.3 Å². The summed E-state index contributed by atoms with van der Waals surface area (Å²) in [7, 11) is 1.91. The molecule has 0 bridgehead atoms.